The van der Waals surface area contributed by atoms with Crippen LogP contribution in [-0.4, -0.2) is 71.0 Å². The first kappa shape index (κ1) is 28.9. The first-order valence-electron chi connectivity index (χ1n) is 13.8. The van der Waals surface area contributed by atoms with Crippen molar-refractivity contribution in [3.05, 3.63) is 89.9 Å². The average Bonchev–Trinajstić information content (AvgIpc) is 3.36. The number of morpholine rings is 1. The van der Waals surface area contributed by atoms with E-state index in [1.807, 2.05) is 6.07 Å². The van der Waals surface area contributed by atoms with Gasteiger partial charge in [0.25, 0.3) is 5.91 Å². The number of amides is 1. The van der Waals surface area contributed by atoms with E-state index in [0.29, 0.717) is 60.1 Å². The number of aromatic nitrogens is 3. The Morgan fingerprint density at radius 2 is 1.82 bits per heavy atom. The molecule has 0 spiro atoms. The number of halogens is 2. The second-order valence-corrected chi connectivity index (χ2v) is 10.1. The molecule has 4 heterocycles. The fourth-order valence-electron chi connectivity index (χ4n) is 5.18. The number of anilines is 2. The van der Waals surface area contributed by atoms with Crippen LogP contribution in [0.3, 0.4) is 0 Å². The number of nitrogens with zero attached hydrogens (tertiary/aromatic N) is 4. The summed E-state index contributed by atoms with van der Waals surface area (Å²) in [6.45, 7) is 2.14. The van der Waals surface area contributed by atoms with Crippen molar-refractivity contribution in [1.82, 2.24) is 19.4 Å². The number of ether oxygens (including phenoxy) is 3. The predicted molar refractivity (Wildman–Crippen MR) is 160 cm³/mol. The highest BCUT2D eigenvalue weighted by Crippen LogP contribution is 2.39. The number of methoxy groups -OCH3 is 2. The van der Waals surface area contributed by atoms with E-state index in [0.717, 1.165) is 17.7 Å². The highest BCUT2D eigenvalue weighted by molar-refractivity contribution is 6.00. The number of benzene rings is 2. The highest BCUT2D eigenvalue weighted by Gasteiger charge is 2.22. The summed E-state index contributed by atoms with van der Waals surface area (Å²) in [5.41, 5.74) is 1.87. The molecule has 0 bridgehead atoms. The molecule has 0 unspecified atom stereocenters. The third-order valence-corrected chi connectivity index (χ3v) is 7.43. The van der Waals surface area contributed by atoms with Gasteiger partial charge >= 0.3 is 0 Å². The first-order chi connectivity index (χ1) is 21.4. The fourth-order valence-corrected chi connectivity index (χ4v) is 5.18. The molecule has 10 nitrogen and oxygen atoms in total. The average molecular weight is 602 g/mol. The zero-order valence-electron chi connectivity index (χ0n) is 24.0. The van der Waals surface area contributed by atoms with Crippen molar-refractivity contribution in [1.29, 1.82) is 0 Å². The van der Waals surface area contributed by atoms with Crippen LogP contribution in [0.1, 0.15) is 16.1 Å². The van der Waals surface area contributed by atoms with Gasteiger partial charge in [0.15, 0.2) is 0 Å². The monoisotopic (exact) mass is 601 g/mol. The molecule has 1 fully saturated rings. The van der Waals surface area contributed by atoms with E-state index in [9.17, 15) is 18.7 Å². The second kappa shape index (κ2) is 12.2. The lowest BCUT2D eigenvalue weighted by Crippen LogP contribution is -2.41. The molecule has 1 saturated heterocycles. The summed E-state index contributed by atoms with van der Waals surface area (Å²) in [5, 5.41) is 14.9. The molecule has 6 rings (SSSR count). The molecule has 0 aliphatic carbocycles. The van der Waals surface area contributed by atoms with Gasteiger partial charge in [-0.05, 0) is 42.5 Å². The molecule has 5 aromatic rings. The van der Waals surface area contributed by atoms with Gasteiger partial charge in [-0.1, -0.05) is 6.07 Å². The van der Waals surface area contributed by atoms with Crippen LogP contribution in [0.2, 0.25) is 0 Å². The molecule has 3 aromatic heterocycles. The number of hydrogen-bond acceptors (Lipinski definition) is 8. The number of aromatic hydroxyl groups is 1. The molecule has 1 aliphatic rings. The number of carbonyl (C=O) groups excluding carboxylic acids is 1. The van der Waals surface area contributed by atoms with E-state index in [1.165, 1.54) is 25.4 Å². The SMILES string of the molecule is COc1ccc(Cn2cc3nc(-c4c(F)cccc4F)cc(Nc4ccc(C(=O)N5CCOCC5)nc4)c3c2O)c(OC)c1. The molecule has 1 amide bonds. The molecule has 44 heavy (non-hydrogen) atoms. The van der Waals surface area contributed by atoms with Crippen molar-refractivity contribution >= 4 is 28.2 Å². The zero-order chi connectivity index (χ0) is 30.8. The molecule has 12 heteroatoms. The van der Waals surface area contributed by atoms with E-state index in [1.54, 1.807) is 47.0 Å². The van der Waals surface area contributed by atoms with Gasteiger partial charge in [0, 0.05) is 30.9 Å². The summed E-state index contributed by atoms with van der Waals surface area (Å²) >= 11 is 0. The standard InChI is InChI=1S/C32H29F2N5O5/c1-42-21-8-6-19(28(14-21)43-2)17-39-18-27-30(32(39)41)26(15-25(37-27)29-22(33)4-3-5-23(29)34)36-20-7-9-24(35-16-20)31(40)38-10-12-44-13-11-38/h3-9,14-16,18,36,41H,10-13,17H2,1-2H3. The van der Waals surface area contributed by atoms with E-state index < -0.39 is 11.6 Å². The third kappa shape index (κ3) is 5.59. The smallest absolute Gasteiger partial charge is 0.272 e. The molecular weight excluding hydrogens is 572 g/mol. The van der Waals surface area contributed by atoms with Crippen LogP contribution < -0.4 is 14.8 Å². The van der Waals surface area contributed by atoms with Gasteiger partial charge in [0.05, 0.1) is 73.7 Å². The van der Waals surface area contributed by atoms with E-state index in [-0.39, 0.29) is 35.3 Å². The molecule has 0 saturated carbocycles. The van der Waals surface area contributed by atoms with Crippen molar-refractivity contribution in [2.24, 2.45) is 0 Å². The lowest BCUT2D eigenvalue weighted by Gasteiger charge is -2.26. The summed E-state index contributed by atoms with van der Waals surface area (Å²) in [5.74, 6) is -0.708. The quantitative estimate of drug-likeness (QED) is 0.245. The van der Waals surface area contributed by atoms with E-state index in [2.05, 4.69) is 15.3 Å². The van der Waals surface area contributed by atoms with Crippen LogP contribution in [0.25, 0.3) is 22.2 Å². The fraction of sp³-hybridized carbons (Fsp3) is 0.219. The van der Waals surface area contributed by atoms with Crippen molar-refractivity contribution in [2.45, 2.75) is 6.54 Å². The molecule has 0 atom stereocenters. The number of nitrogens with one attached hydrogen (secondary N) is 1. The minimum Gasteiger partial charge on any atom is -0.497 e. The Morgan fingerprint density at radius 3 is 2.50 bits per heavy atom. The highest BCUT2D eigenvalue weighted by atomic mass is 19.1. The van der Waals surface area contributed by atoms with Crippen LogP contribution in [0.5, 0.6) is 17.4 Å². The third-order valence-electron chi connectivity index (χ3n) is 7.43. The summed E-state index contributed by atoms with van der Waals surface area (Å²) in [6.07, 6.45) is 3.09. The Kier molecular flexibility index (Phi) is 7.99. The molecule has 2 N–H and O–H groups in total. The number of pyridine rings is 2. The summed E-state index contributed by atoms with van der Waals surface area (Å²) in [4.78, 5) is 23.4. The maximum atomic E-state index is 14.9. The number of fused-ring (bicyclic) bond motifs is 1. The maximum Gasteiger partial charge on any atom is 0.272 e. The van der Waals surface area contributed by atoms with Crippen LogP contribution in [0.15, 0.2) is 67.0 Å². The summed E-state index contributed by atoms with van der Waals surface area (Å²) in [6, 6.07) is 13.7. The zero-order valence-corrected chi connectivity index (χ0v) is 24.0. The van der Waals surface area contributed by atoms with Gasteiger partial charge < -0.3 is 34.1 Å². The molecule has 226 valence electrons. The lowest BCUT2D eigenvalue weighted by atomic mass is 10.1. The van der Waals surface area contributed by atoms with Crippen molar-refractivity contribution in [2.75, 3.05) is 45.8 Å². The summed E-state index contributed by atoms with van der Waals surface area (Å²) in [7, 11) is 3.09. The van der Waals surface area contributed by atoms with Gasteiger partial charge in [0.2, 0.25) is 5.88 Å². The van der Waals surface area contributed by atoms with E-state index >= 15 is 0 Å². The summed E-state index contributed by atoms with van der Waals surface area (Å²) < 4.78 is 47.4. The molecule has 0 radical (unpaired) electrons. The van der Waals surface area contributed by atoms with Crippen LogP contribution in [0, 0.1) is 11.6 Å². The Hall–Kier alpha value is -5.23. The molecular formula is C32H29F2N5O5. The largest absolute Gasteiger partial charge is 0.497 e. The molecule has 2 aromatic carbocycles. The minimum absolute atomic E-state index is 0.0295. The molecule has 1 aliphatic heterocycles. The van der Waals surface area contributed by atoms with Gasteiger partial charge in [-0.2, -0.15) is 0 Å². The number of carbonyl (C=O) groups is 1. The number of rotatable bonds is 8. The van der Waals surface area contributed by atoms with Crippen molar-refractivity contribution < 1.29 is 32.9 Å². The Balaban J connectivity index is 1.40. The maximum absolute atomic E-state index is 14.9. The normalized spacial score (nSPS) is 13.2. The van der Waals surface area contributed by atoms with E-state index in [4.69, 9.17) is 14.2 Å². The minimum atomic E-state index is -0.776. The number of hydrogen-bond donors (Lipinski definition) is 2. The Bertz CT molecular complexity index is 1820. The van der Waals surface area contributed by atoms with Crippen LogP contribution in [-0.2, 0) is 11.3 Å². The second-order valence-electron chi connectivity index (χ2n) is 10.1. The van der Waals surface area contributed by atoms with Gasteiger partial charge in [-0.15, -0.1) is 0 Å². The van der Waals surface area contributed by atoms with Crippen molar-refractivity contribution in [3.8, 4) is 28.6 Å². The lowest BCUT2D eigenvalue weighted by molar-refractivity contribution is 0.0299. The van der Waals surface area contributed by atoms with Gasteiger partial charge in [0.1, 0.15) is 28.8 Å². The topological polar surface area (TPSA) is 111 Å². The van der Waals surface area contributed by atoms with Gasteiger partial charge in [-0.25, -0.2) is 18.7 Å². The first-order valence-corrected chi connectivity index (χ1v) is 13.8. The Labute approximate surface area is 251 Å². The van der Waals surface area contributed by atoms with Crippen molar-refractivity contribution in [3.63, 3.8) is 0 Å². The Morgan fingerprint density at radius 1 is 1.05 bits per heavy atom. The van der Waals surface area contributed by atoms with Crippen LogP contribution >= 0.6 is 0 Å². The predicted octanol–water partition coefficient (Wildman–Crippen LogP) is 5.36. The van der Waals surface area contributed by atoms with Gasteiger partial charge in [-0.3, -0.25) is 4.79 Å². The van der Waals surface area contributed by atoms with Crippen LogP contribution in [0.4, 0.5) is 20.2 Å².